The van der Waals surface area contributed by atoms with Gasteiger partial charge < -0.3 is 5.32 Å². The number of nitro benzene ring substituents is 1. The average molecular weight is 243 g/mol. The van der Waals surface area contributed by atoms with E-state index in [9.17, 15) is 14.9 Å². The Labute approximate surface area is 97.6 Å². The van der Waals surface area contributed by atoms with Crippen LogP contribution in [0.15, 0.2) is 18.2 Å². The molecular formula is C10H11ClN2O3. The number of halogens is 1. The highest BCUT2D eigenvalue weighted by molar-refractivity contribution is 6.31. The van der Waals surface area contributed by atoms with Crippen molar-refractivity contribution in [2.75, 3.05) is 5.32 Å². The normalized spacial score (nSPS) is 9.88. The molecule has 1 aromatic rings. The van der Waals surface area contributed by atoms with Gasteiger partial charge in [0, 0.05) is 17.5 Å². The summed E-state index contributed by atoms with van der Waals surface area (Å²) >= 11 is 5.64. The fourth-order valence-corrected chi connectivity index (χ4v) is 1.37. The van der Waals surface area contributed by atoms with E-state index in [4.69, 9.17) is 11.6 Å². The highest BCUT2D eigenvalue weighted by Crippen LogP contribution is 2.27. The second-order valence-corrected chi connectivity index (χ2v) is 3.65. The van der Waals surface area contributed by atoms with Crippen molar-refractivity contribution >= 4 is 28.9 Å². The number of benzene rings is 1. The summed E-state index contributed by atoms with van der Waals surface area (Å²) < 4.78 is 0. The number of carbonyl (C=O) groups is 1. The molecule has 1 amide bonds. The maximum Gasteiger partial charge on any atom is 0.294 e. The Morgan fingerprint density at radius 2 is 2.25 bits per heavy atom. The van der Waals surface area contributed by atoms with Crippen molar-refractivity contribution in [2.45, 2.75) is 19.8 Å². The van der Waals surface area contributed by atoms with Gasteiger partial charge in [0.2, 0.25) is 5.91 Å². The molecule has 16 heavy (non-hydrogen) atoms. The van der Waals surface area contributed by atoms with Crippen LogP contribution in [0.1, 0.15) is 19.8 Å². The highest BCUT2D eigenvalue weighted by atomic mass is 35.5. The Bertz CT molecular complexity index is 421. The van der Waals surface area contributed by atoms with Crippen molar-refractivity contribution in [3.63, 3.8) is 0 Å². The van der Waals surface area contributed by atoms with Gasteiger partial charge in [-0.15, -0.1) is 0 Å². The number of nitrogens with zero attached hydrogens (tertiary/aromatic N) is 1. The molecule has 0 spiro atoms. The number of nitro groups is 1. The monoisotopic (exact) mass is 242 g/mol. The van der Waals surface area contributed by atoms with E-state index >= 15 is 0 Å². The predicted octanol–water partition coefficient (Wildman–Crippen LogP) is 2.99. The molecule has 1 rings (SSSR count). The maximum atomic E-state index is 11.3. The lowest BCUT2D eigenvalue weighted by Crippen LogP contribution is -2.11. The standard InChI is InChI=1S/C10H11ClN2O3/c1-2-3-10(14)12-8-5-4-7(11)6-9(8)13(15)16/h4-6H,2-3H2,1H3,(H,12,14). The third-order valence-corrected chi connectivity index (χ3v) is 2.14. The van der Waals surface area contributed by atoms with Crippen molar-refractivity contribution in [3.8, 4) is 0 Å². The molecule has 6 heteroatoms. The molecule has 0 aromatic heterocycles. The predicted molar refractivity (Wildman–Crippen MR) is 61.6 cm³/mol. The van der Waals surface area contributed by atoms with Crippen molar-refractivity contribution in [1.29, 1.82) is 0 Å². The van der Waals surface area contributed by atoms with E-state index in [-0.39, 0.29) is 22.3 Å². The summed E-state index contributed by atoms with van der Waals surface area (Å²) in [6, 6.07) is 4.13. The highest BCUT2D eigenvalue weighted by Gasteiger charge is 2.15. The molecule has 0 aliphatic heterocycles. The lowest BCUT2D eigenvalue weighted by atomic mass is 10.2. The van der Waals surface area contributed by atoms with Gasteiger partial charge in [0.15, 0.2) is 0 Å². The Balaban J connectivity index is 2.95. The number of amides is 1. The Hall–Kier alpha value is -1.62. The molecule has 0 aliphatic rings. The molecule has 86 valence electrons. The Kier molecular flexibility index (Phi) is 4.25. The molecule has 0 atom stereocenters. The second-order valence-electron chi connectivity index (χ2n) is 3.22. The van der Waals surface area contributed by atoms with Crippen molar-refractivity contribution in [3.05, 3.63) is 33.3 Å². The lowest BCUT2D eigenvalue weighted by Gasteiger charge is -2.05. The summed E-state index contributed by atoms with van der Waals surface area (Å²) in [4.78, 5) is 21.4. The molecule has 0 unspecified atom stereocenters. The molecule has 0 radical (unpaired) electrons. The third kappa shape index (κ3) is 3.20. The molecule has 5 nitrogen and oxygen atoms in total. The Morgan fingerprint density at radius 3 is 2.81 bits per heavy atom. The lowest BCUT2D eigenvalue weighted by molar-refractivity contribution is -0.383. The Morgan fingerprint density at radius 1 is 1.56 bits per heavy atom. The SMILES string of the molecule is CCCC(=O)Nc1ccc(Cl)cc1[N+](=O)[O-]. The zero-order valence-electron chi connectivity index (χ0n) is 8.70. The van der Waals surface area contributed by atoms with Gasteiger partial charge >= 0.3 is 0 Å². The third-order valence-electron chi connectivity index (χ3n) is 1.91. The van der Waals surface area contributed by atoms with E-state index in [1.165, 1.54) is 18.2 Å². The van der Waals surface area contributed by atoms with Gasteiger partial charge in [-0.3, -0.25) is 14.9 Å². The van der Waals surface area contributed by atoms with E-state index in [0.717, 1.165) is 0 Å². The largest absolute Gasteiger partial charge is 0.320 e. The van der Waals surface area contributed by atoms with Gasteiger partial charge in [0.05, 0.1) is 4.92 Å². The number of nitrogens with one attached hydrogen (secondary N) is 1. The fourth-order valence-electron chi connectivity index (χ4n) is 1.20. The topological polar surface area (TPSA) is 72.2 Å². The molecular weight excluding hydrogens is 232 g/mol. The number of anilines is 1. The van der Waals surface area contributed by atoms with Crippen LogP contribution >= 0.6 is 11.6 Å². The van der Waals surface area contributed by atoms with Crippen LogP contribution in [0, 0.1) is 10.1 Å². The molecule has 0 heterocycles. The minimum absolute atomic E-state index is 0.174. The molecule has 0 fully saturated rings. The maximum absolute atomic E-state index is 11.3. The molecule has 0 aliphatic carbocycles. The molecule has 0 bridgehead atoms. The van der Waals surface area contributed by atoms with E-state index in [0.29, 0.717) is 12.8 Å². The summed E-state index contributed by atoms with van der Waals surface area (Å²) in [6.07, 6.45) is 1.02. The van der Waals surface area contributed by atoms with E-state index in [2.05, 4.69) is 5.32 Å². The van der Waals surface area contributed by atoms with Gasteiger partial charge in [0.1, 0.15) is 5.69 Å². The van der Waals surface area contributed by atoms with Gasteiger partial charge in [-0.2, -0.15) is 0 Å². The van der Waals surface area contributed by atoms with Crippen molar-refractivity contribution in [1.82, 2.24) is 0 Å². The first kappa shape index (κ1) is 12.4. The second kappa shape index (κ2) is 5.46. The van der Waals surface area contributed by atoms with Crippen LogP contribution in [0.5, 0.6) is 0 Å². The van der Waals surface area contributed by atoms with Crippen molar-refractivity contribution < 1.29 is 9.72 Å². The summed E-state index contributed by atoms with van der Waals surface area (Å²) in [6.45, 7) is 1.86. The number of hydrogen-bond donors (Lipinski definition) is 1. The summed E-state index contributed by atoms with van der Waals surface area (Å²) in [7, 11) is 0. The van der Waals surface area contributed by atoms with Gasteiger partial charge in [-0.1, -0.05) is 18.5 Å². The van der Waals surface area contributed by atoms with E-state index in [1.807, 2.05) is 6.92 Å². The fraction of sp³-hybridized carbons (Fsp3) is 0.300. The van der Waals surface area contributed by atoms with Gasteiger partial charge in [0.25, 0.3) is 5.69 Å². The zero-order chi connectivity index (χ0) is 12.1. The minimum Gasteiger partial charge on any atom is -0.320 e. The van der Waals surface area contributed by atoms with Crippen LogP contribution in [-0.2, 0) is 4.79 Å². The quantitative estimate of drug-likeness (QED) is 0.652. The average Bonchev–Trinajstić information content (AvgIpc) is 2.20. The minimum atomic E-state index is -0.576. The summed E-state index contributed by atoms with van der Waals surface area (Å²) in [5.41, 5.74) is -0.0233. The molecule has 0 saturated carbocycles. The molecule has 1 aromatic carbocycles. The van der Waals surface area contributed by atoms with Crippen LogP contribution in [0.4, 0.5) is 11.4 Å². The first-order chi connectivity index (χ1) is 7.54. The number of hydrogen-bond acceptors (Lipinski definition) is 3. The van der Waals surface area contributed by atoms with Crippen LogP contribution in [0.25, 0.3) is 0 Å². The summed E-state index contributed by atoms with van der Waals surface area (Å²) in [5, 5.41) is 13.5. The molecule has 0 saturated heterocycles. The number of carbonyl (C=O) groups excluding carboxylic acids is 1. The number of rotatable bonds is 4. The molecule has 1 N–H and O–H groups in total. The van der Waals surface area contributed by atoms with Gasteiger partial charge in [-0.25, -0.2) is 0 Å². The van der Waals surface area contributed by atoms with Crippen LogP contribution in [-0.4, -0.2) is 10.8 Å². The first-order valence-corrected chi connectivity index (χ1v) is 5.16. The van der Waals surface area contributed by atoms with Gasteiger partial charge in [-0.05, 0) is 18.6 Å². The van der Waals surface area contributed by atoms with Crippen LogP contribution < -0.4 is 5.32 Å². The summed E-state index contributed by atoms with van der Waals surface area (Å²) in [5.74, 6) is -0.243. The zero-order valence-corrected chi connectivity index (χ0v) is 9.45. The first-order valence-electron chi connectivity index (χ1n) is 4.78. The van der Waals surface area contributed by atoms with E-state index < -0.39 is 4.92 Å². The van der Waals surface area contributed by atoms with Crippen LogP contribution in [0.3, 0.4) is 0 Å². The van der Waals surface area contributed by atoms with Crippen molar-refractivity contribution in [2.24, 2.45) is 0 Å². The van der Waals surface area contributed by atoms with E-state index in [1.54, 1.807) is 0 Å². The van der Waals surface area contributed by atoms with Crippen LogP contribution in [0.2, 0.25) is 5.02 Å². The smallest absolute Gasteiger partial charge is 0.294 e.